The van der Waals surface area contributed by atoms with E-state index >= 15 is 4.39 Å². The van der Waals surface area contributed by atoms with E-state index in [2.05, 4.69) is 16.0 Å². The Morgan fingerprint density at radius 3 is 2.31 bits per heavy atom. The fourth-order valence-electron chi connectivity index (χ4n) is 7.42. The molecular formula is C35H38F4N4O2. The second-order valence-corrected chi connectivity index (χ2v) is 12.7. The standard InChI is InChI=1S/C35H38F4N4O2/c1-20-10-13-26(17-28(20)35(37,38)39)42-33(44)27-16-23-18-40-19-30(23)43(34(45)31-21(2)6-5-9-29(31)36)32(27)22-11-14-25(15-12-22)41-24-7-3-4-8-24/h5-6,9-15,17,23-24,27,30,32,40-41H,3-4,7-8,16,18-19H2,1-2H3,(H,42,44)/t23?,27?,30?,32-/m1/s1. The van der Waals surface area contributed by atoms with Gasteiger partial charge in [-0.05, 0) is 86.1 Å². The van der Waals surface area contributed by atoms with Gasteiger partial charge < -0.3 is 20.9 Å². The van der Waals surface area contributed by atoms with E-state index in [1.54, 1.807) is 24.0 Å². The molecule has 0 radical (unpaired) electrons. The van der Waals surface area contributed by atoms with Gasteiger partial charge in [0.05, 0.1) is 23.1 Å². The second kappa shape index (κ2) is 12.5. The number of likely N-dealkylation sites (tertiary alicyclic amines) is 1. The number of nitrogens with one attached hydrogen (secondary N) is 3. The van der Waals surface area contributed by atoms with E-state index in [4.69, 9.17) is 0 Å². The number of anilines is 2. The van der Waals surface area contributed by atoms with Crippen LogP contribution >= 0.6 is 0 Å². The van der Waals surface area contributed by atoms with Gasteiger partial charge in [-0.1, -0.05) is 43.2 Å². The van der Waals surface area contributed by atoms with E-state index in [0.29, 0.717) is 36.7 Å². The van der Waals surface area contributed by atoms with E-state index in [-0.39, 0.29) is 28.8 Å². The fraction of sp³-hybridized carbons (Fsp3) is 0.429. The van der Waals surface area contributed by atoms with E-state index in [0.717, 1.165) is 24.6 Å². The number of benzene rings is 3. The van der Waals surface area contributed by atoms with Crippen LogP contribution in [0.3, 0.4) is 0 Å². The highest BCUT2D eigenvalue weighted by molar-refractivity contribution is 5.98. The first-order valence-corrected chi connectivity index (χ1v) is 15.6. The number of amides is 2. The molecule has 45 heavy (non-hydrogen) atoms. The van der Waals surface area contributed by atoms with E-state index in [9.17, 15) is 22.8 Å². The van der Waals surface area contributed by atoms with Crippen molar-refractivity contribution in [3.63, 3.8) is 0 Å². The summed E-state index contributed by atoms with van der Waals surface area (Å²) in [7, 11) is 0. The van der Waals surface area contributed by atoms with Gasteiger partial charge in [0, 0.05) is 36.5 Å². The molecule has 0 spiro atoms. The Morgan fingerprint density at radius 2 is 1.62 bits per heavy atom. The van der Waals surface area contributed by atoms with Gasteiger partial charge >= 0.3 is 6.18 Å². The number of hydrogen-bond donors (Lipinski definition) is 3. The minimum atomic E-state index is -4.57. The third-order valence-corrected chi connectivity index (χ3v) is 9.69. The largest absolute Gasteiger partial charge is 0.416 e. The van der Waals surface area contributed by atoms with Crippen molar-refractivity contribution >= 4 is 23.2 Å². The van der Waals surface area contributed by atoms with Crippen LogP contribution in [-0.2, 0) is 11.0 Å². The van der Waals surface area contributed by atoms with Crippen molar-refractivity contribution < 1.29 is 27.2 Å². The third kappa shape index (κ3) is 6.30. The second-order valence-electron chi connectivity index (χ2n) is 12.7. The molecule has 1 saturated carbocycles. The number of alkyl halides is 3. The van der Waals surface area contributed by atoms with E-state index in [1.165, 1.54) is 38.0 Å². The van der Waals surface area contributed by atoms with Crippen LogP contribution < -0.4 is 16.0 Å². The zero-order valence-corrected chi connectivity index (χ0v) is 25.4. The summed E-state index contributed by atoms with van der Waals surface area (Å²) in [5.74, 6) is -2.52. The lowest BCUT2D eigenvalue weighted by Gasteiger charge is -2.47. The first kappa shape index (κ1) is 31.1. The summed E-state index contributed by atoms with van der Waals surface area (Å²) in [6, 6.07) is 15.2. The highest BCUT2D eigenvalue weighted by Gasteiger charge is 2.50. The third-order valence-electron chi connectivity index (χ3n) is 9.69. The van der Waals surface area contributed by atoms with E-state index < -0.39 is 41.3 Å². The average molecular weight is 623 g/mol. The van der Waals surface area contributed by atoms with E-state index in [1.807, 2.05) is 24.3 Å². The monoisotopic (exact) mass is 622 g/mol. The maximum atomic E-state index is 15.2. The Hall–Kier alpha value is -3.92. The van der Waals surface area contributed by atoms with Crippen LogP contribution in [0.5, 0.6) is 0 Å². The van der Waals surface area contributed by atoms with Crippen molar-refractivity contribution in [1.82, 2.24) is 10.2 Å². The minimum Gasteiger partial charge on any atom is -0.382 e. The molecule has 6 nitrogen and oxygen atoms in total. The summed E-state index contributed by atoms with van der Waals surface area (Å²) in [6.45, 7) is 4.11. The Bertz CT molecular complexity index is 1550. The number of piperidine rings is 1. The summed E-state index contributed by atoms with van der Waals surface area (Å²) in [5.41, 5.74) is 1.36. The number of halogens is 4. The molecule has 3 fully saturated rings. The number of carbonyl (C=O) groups excluding carboxylic acids is 2. The van der Waals surface area contributed by atoms with Crippen LogP contribution in [-0.4, -0.2) is 41.9 Å². The molecule has 2 aliphatic heterocycles. The highest BCUT2D eigenvalue weighted by atomic mass is 19.4. The van der Waals surface area contributed by atoms with Gasteiger partial charge in [-0.25, -0.2) is 4.39 Å². The predicted molar refractivity (Wildman–Crippen MR) is 165 cm³/mol. The van der Waals surface area contributed by atoms with Crippen LogP contribution in [0.25, 0.3) is 0 Å². The lowest BCUT2D eigenvalue weighted by molar-refractivity contribution is -0.138. The molecule has 3 aliphatic rings. The zero-order valence-electron chi connectivity index (χ0n) is 25.4. The lowest BCUT2D eigenvalue weighted by Crippen LogP contribution is -2.55. The summed E-state index contributed by atoms with van der Waals surface area (Å²) < 4.78 is 56.3. The molecule has 10 heteroatoms. The fourth-order valence-corrected chi connectivity index (χ4v) is 7.42. The molecule has 2 heterocycles. The maximum absolute atomic E-state index is 15.2. The number of rotatable bonds is 6. The zero-order chi connectivity index (χ0) is 31.9. The van der Waals surface area contributed by atoms with Gasteiger partial charge in [0.15, 0.2) is 0 Å². The average Bonchev–Trinajstić information content (AvgIpc) is 3.69. The molecule has 0 aromatic heterocycles. The molecule has 3 N–H and O–H groups in total. The van der Waals surface area contributed by atoms with Crippen LogP contribution in [0, 0.1) is 31.5 Å². The van der Waals surface area contributed by atoms with Crippen molar-refractivity contribution in [1.29, 1.82) is 0 Å². The molecule has 2 amide bonds. The highest BCUT2D eigenvalue weighted by Crippen LogP contribution is 2.45. The van der Waals surface area contributed by atoms with Gasteiger partial charge in [-0.3, -0.25) is 9.59 Å². The van der Waals surface area contributed by atoms with Gasteiger partial charge in [-0.2, -0.15) is 13.2 Å². The van der Waals surface area contributed by atoms with Crippen molar-refractivity contribution in [2.75, 3.05) is 23.7 Å². The molecular weight excluding hydrogens is 584 g/mol. The number of fused-ring (bicyclic) bond motifs is 1. The van der Waals surface area contributed by atoms with Crippen molar-refractivity contribution in [2.24, 2.45) is 11.8 Å². The number of hydrogen-bond acceptors (Lipinski definition) is 4. The lowest BCUT2D eigenvalue weighted by atomic mass is 9.76. The van der Waals surface area contributed by atoms with Crippen LogP contribution in [0.2, 0.25) is 0 Å². The first-order valence-electron chi connectivity index (χ1n) is 15.6. The van der Waals surface area contributed by atoms with Crippen molar-refractivity contribution in [2.45, 2.75) is 70.3 Å². The Labute approximate surface area is 260 Å². The number of carbonyl (C=O) groups is 2. The smallest absolute Gasteiger partial charge is 0.382 e. The SMILES string of the molecule is Cc1ccc(NC(=O)C2CC3CNCC3N(C(=O)c3c(C)cccc3F)[C@@H]2c2ccc(NC3CCCC3)cc2)cc1C(F)(F)F. The quantitative estimate of drug-likeness (QED) is 0.254. The molecule has 4 atom stereocenters. The molecule has 3 aromatic carbocycles. The summed E-state index contributed by atoms with van der Waals surface area (Å²) >= 11 is 0. The number of aryl methyl sites for hydroxylation is 2. The Balaban J connectivity index is 1.39. The molecule has 3 aromatic rings. The molecule has 0 bridgehead atoms. The van der Waals surface area contributed by atoms with Crippen LogP contribution in [0.15, 0.2) is 60.7 Å². The normalized spacial score (nSPS) is 23.6. The van der Waals surface area contributed by atoms with Gasteiger partial charge in [0.25, 0.3) is 5.91 Å². The van der Waals surface area contributed by atoms with Gasteiger partial charge in [0.2, 0.25) is 5.91 Å². The van der Waals surface area contributed by atoms with Gasteiger partial charge in [-0.15, -0.1) is 0 Å². The predicted octanol–water partition coefficient (Wildman–Crippen LogP) is 7.25. The minimum absolute atomic E-state index is 0.0299. The van der Waals surface area contributed by atoms with Crippen molar-refractivity contribution in [3.05, 3.63) is 94.3 Å². The number of nitrogens with zero attached hydrogens (tertiary/aromatic N) is 1. The van der Waals surface area contributed by atoms with Crippen LogP contribution in [0.4, 0.5) is 28.9 Å². The van der Waals surface area contributed by atoms with Crippen molar-refractivity contribution in [3.8, 4) is 0 Å². The molecule has 3 unspecified atom stereocenters. The maximum Gasteiger partial charge on any atom is 0.416 e. The van der Waals surface area contributed by atoms with Crippen LogP contribution in [0.1, 0.15) is 70.8 Å². The first-order chi connectivity index (χ1) is 21.5. The summed E-state index contributed by atoms with van der Waals surface area (Å²) in [6.07, 6.45) is 0.404. The Kier molecular flexibility index (Phi) is 8.61. The molecule has 1 aliphatic carbocycles. The Morgan fingerprint density at radius 1 is 0.911 bits per heavy atom. The molecule has 238 valence electrons. The van der Waals surface area contributed by atoms with Gasteiger partial charge in [0.1, 0.15) is 5.82 Å². The topological polar surface area (TPSA) is 73.5 Å². The molecule has 2 saturated heterocycles. The summed E-state index contributed by atoms with van der Waals surface area (Å²) in [4.78, 5) is 30.1. The molecule has 6 rings (SSSR count). The summed E-state index contributed by atoms with van der Waals surface area (Å²) in [5, 5.41) is 9.63.